The largest absolute Gasteiger partial charge is 0.490 e. The molecule has 0 saturated heterocycles. The Morgan fingerprint density at radius 2 is 1.79 bits per heavy atom. The smallest absolute Gasteiger partial charge is 0.161 e. The molecule has 1 aliphatic rings. The van der Waals surface area contributed by atoms with Crippen molar-refractivity contribution in [3.63, 3.8) is 0 Å². The van der Waals surface area contributed by atoms with Gasteiger partial charge in [-0.25, -0.2) is 0 Å². The van der Waals surface area contributed by atoms with Crippen LogP contribution in [0.15, 0.2) is 36.4 Å². The molecule has 19 heavy (non-hydrogen) atoms. The molecule has 0 aliphatic carbocycles. The molecule has 2 aromatic rings. The molecule has 1 aliphatic heterocycles. The van der Waals surface area contributed by atoms with Crippen molar-refractivity contribution >= 4 is 5.69 Å². The molecule has 3 rings (SSSR count). The highest BCUT2D eigenvalue weighted by Crippen LogP contribution is 2.36. The molecule has 98 valence electrons. The number of anilines is 1. The van der Waals surface area contributed by atoms with Gasteiger partial charge < -0.3 is 15.2 Å². The van der Waals surface area contributed by atoms with Gasteiger partial charge in [0.15, 0.2) is 11.5 Å². The van der Waals surface area contributed by atoms with Crippen molar-refractivity contribution < 1.29 is 9.47 Å². The van der Waals surface area contributed by atoms with Crippen molar-refractivity contribution in [1.82, 2.24) is 0 Å². The van der Waals surface area contributed by atoms with Crippen LogP contribution in [0.25, 0.3) is 11.1 Å². The first-order valence-corrected chi connectivity index (χ1v) is 6.51. The Morgan fingerprint density at radius 3 is 2.63 bits per heavy atom. The zero-order valence-corrected chi connectivity index (χ0v) is 11.0. The molecule has 0 radical (unpaired) electrons. The average Bonchev–Trinajstić information content (AvgIpc) is 2.66. The molecule has 2 aromatic carbocycles. The molecule has 0 bridgehead atoms. The summed E-state index contributed by atoms with van der Waals surface area (Å²) in [4.78, 5) is 0. The first-order chi connectivity index (χ1) is 9.25. The predicted molar refractivity (Wildman–Crippen MR) is 76.6 cm³/mol. The summed E-state index contributed by atoms with van der Waals surface area (Å²) < 4.78 is 11.4. The number of benzene rings is 2. The maximum absolute atomic E-state index is 5.96. The SMILES string of the molecule is Cc1c(N)cccc1-c1ccc2c(c1)OCCCO2. The van der Waals surface area contributed by atoms with Crippen LogP contribution in [0, 0.1) is 6.92 Å². The molecule has 0 atom stereocenters. The Balaban J connectivity index is 2.06. The van der Waals surface area contributed by atoms with E-state index in [4.69, 9.17) is 15.2 Å². The van der Waals surface area contributed by atoms with E-state index >= 15 is 0 Å². The van der Waals surface area contributed by atoms with Gasteiger partial charge in [-0.2, -0.15) is 0 Å². The fourth-order valence-corrected chi connectivity index (χ4v) is 2.30. The third kappa shape index (κ3) is 2.24. The van der Waals surface area contributed by atoms with Gasteiger partial charge in [-0.3, -0.25) is 0 Å². The van der Waals surface area contributed by atoms with Crippen LogP contribution in [-0.4, -0.2) is 13.2 Å². The summed E-state index contributed by atoms with van der Waals surface area (Å²) >= 11 is 0. The highest BCUT2D eigenvalue weighted by molar-refractivity contribution is 5.74. The van der Waals surface area contributed by atoms with E-state index in [0.29, 0.717) is 13.2 Å². The summed E-state index contributed by atoms with van der Waals surface area (Å²) in [7, 11) is 0. The van der Waals surface area contributed by atoms with Crippen molar-refractivity contribution in [3.8, 4) is 22.6 Å². The van der Waals surface area contributed by atoms with E-state index in [0.717, 1.165) is 40.3 Å². The Labute approximate surface area is 113 Å². The minimum absolute atomic E-state index is 0.701. The van der Waals surface area contributed by atoms with Gasteiger partial charge in [0, 0.05) is 12.1 Å². The highest BCUT2D eigenvalue weighted by Gasteiger charge is 2.12. The second-order valence-corrected chi connectivity index (χ2v) is 4.73. The van der Waals surface area contributed by atoms with E-state index in [1.54, 1.807) is 0 Å². The van der Waals surface area contributed by atoms with Crippen LogP contribution in [0.4, 0.5) is 5.69 Å². The minimum Gasteiger partial charge on any atom is -0.490 e. The molecule has 0 amide bonds. The second kappa shape index (κ2) is 4.84. The fraction of sp³-hybridized carbons (Fsp3) is 0.250. The predicted octanol–water partition coefficient (Wildman–Crippen LogP) is 3.41. The molecule has 0 saturated carbocycles. The van der Waals surface area contributed by atoms with Crippen LogP contribution in [0.1, 0.15) is 12.0 Å². The van der Waals surface area contributed by atoms with Gasteiger partial charge in [-0.1, -0.05) is 18.2 Å². The number of nitrogens with two attached hydrogens (primary N) is 1. The molecule has 0 spiro atoms. The molecular weight excluding hydrogens is 238 g/mol. The number of ether oxygens (including phenoxy) is 2. The van der Waals surface area contributed by atoms with Gasteiger partial charge in [-0.05, 0) is 41.8 Å². The van der Waals surface area contributed by atoms with Crippen molar-refractivity contribution in [1.29, 1.82) is 0 Å². The van der Waals surface area contributed by atoms with E-state index < -0.39 is 0 Å². The Hall–Kier alpha value is -2.16. The highest BCUT2D eigenvalue weighted by atomic mass is 16.5. The lowest BCUT2D eigenvalue weighted by atomic mass is 9.99. The molecule has 1 heterocycles. The third-order valence-corrected chi connectivity index (χ3v) is 3.43. The lowest BCUT2D eigenvalue weighted by molar-refractivity contribution is 0.297. The van der Waals surface area contributed by atoms with Gasteiger partial charge in [-0.15, -0.1) is 0 Å². The first kappa shape index (κ1) is 11.9. The minimum atomic E-state index is 0.701. The summed E-state index contributed by atoms with van der Waals surface area (Å²) in [6.07, 6.45) is 0.918. The summed E-state index contributed by atoms with van der Waals surface area (Å²) in [6.45, 7) is 3.45. The van der Waals surface area contributed by atoms with Gasteiger partial charge >= 0.3 is 0 Å². The van der Waals surface area contributed by atoms with E-state index in [9.17, 15) is 0 Å². The Bertz CT molecular complexity index is 608. The Morgan fingerprint density at radius 1 is 1.00 bits per heavy atom. The maximum atomic E-state index is 5.96. The van der Waals surface area contributed by atoms with Crippen molar-refractivity contribution in [2.45, 2.75) is 13.3 Å². The molecule has 0 fully saturated rings. The maximum Gasteiger partial charge on any atom is 0.161 e. The average molecular weight is 255 g/mol. The van der Waals surface area contributed by atoms with Gasteiger partial charge in [0.05, 0.1) is 13.2 Å². The van der Waals surface area contributed by atoms with Crippen LogP contribution in [0.5, 0.6) is 11.5 Å². The quantitative estimate of drug-likeness (QED) is 0.794. The number of fused-ring (bicyclic) bond motifs is 1. The summed E-state index contributed by atoms with van der Waals surface area (Å²) in [6, 6.07) is 12.0. The number of hydrogen-bond donors (Lipinski definition) is 1. The molecule has 0 aromatic heterocycles. The molecule has 0 unspecified atom stereocenters. The van der Waals surface area contributed by atoms with Gasteiger partial charge in [0.1, 0.15) is 0 Å². The van der Waals surface area contributed by atoms with Crippen LogP contribution < -0.4 is 15.2 Å². The fourth-order valence-electron chi connectivity index (χ4n) is 2.30. The van der Waals surface area contributed by atoms with E-state index in [2.05, 4.69) is 12.1 Å². The standard InChI is InChI=1S/C16H17NO2/c1-11-13(4-2-5-14(11)17)12-6-7-15-16(10-12)19-9-3-8-18-15/h2,4-7,10H,3,8-9,17H2,1H3. The van der Waals surface area contributed by atoms with Gasteiger partial charge in [0.25, 0.3) is 0 Å². The zero-order chi connectivity index (χ0) is 13.2. The van der Waals surface area contributed by atoms with E-state index in [1.807, 2.05) is 31.2 Å². The van der Waals surface area contributed by atoms with Crippen LogP contribution in [-0.2, 0) is 0 Å². The summed E-state index contributed by atoms with van der Waals surface area (Å²) in [5.74, 6) is 1.64. The monoisotopic (exact) mass is 255 g/mol. The molecular formula is C16H17NO2. The van der Waals surface area contributed by atoms with E-state index in [1.165, 1.54) is 0 Å². The zero-order valence-electron chi connectivity index (χ0n) is 11.0. The molecule has 3 heteroatoms. The van der Waals surface area contributed by atoms with Crippen LogP contribution >= 0.6 is 0 Å². The van der Waals surface area contributed by atoms with Crippen molar-refractivity contribution in [3.05, 3.63) is 42.0 Å². The van der Waals surface area contributed by atoms with E-state index in [-0.39, 0.29) is 0 Å². The van der Waals surface area contributed by atoms with Crippen molar-refractivity contribution in [2.75, 3.05) is 18.9 Å². The number of hydrogen-bond acceptors (Lipinski definition) is 3. The molecule has 2 N–H and O–H groups in total. The summed E-state index contributed by atoms with van der Waals surface area (Å²) in [5, 5.41) is 0. The third-order valence-electron chi connectivity index (χ3n) is 3.43. The molecule has 3 nitrogen and oxygen atoms in total. The topological polar surface area (TPSA) is 44.5 Å². The first-order valence-electron chi connectivity index (χ1n) is 6.51. The number of nitrogen functional groups attached to an aromatic ring is 1. The van der Waals surface area contributed by atoms with Crippen molar-refractivity contribution in [2.24, 2.45) is 0 Å². The Kier molecular flexibility index (Phi) is 3.03. The lowest BCUT2D eigenvalue weighted by Crippen LogP contribution is -1.97. The lowest BCUT2D eigenvalue weighted by Gasteiger charge is -2.12. The normalized spacial score (nSPS) is 13.9. The summed E-state index contributed by atoms with van der Waals surface area (Å²) in [5.41, 5.74) is 10.1. The number of rotatable bonds is 1. The van der Waals surface area contributed by atoms with Gasteiger partial charge in [0.2, 0.25) is 0 Å². The van der Waals surface area contributed by atoms with Crippen LogP contribution in [0.3, 0.4) is 0 Å². The van der Waals surface area contributed by atoms with Crippen LogP contribution in [0.2, 0.25) is 0 Å². The second-order valence-electron chi connectivity index (χ2n) is 4.73.